The Morgan fingerprint density at radius 2 is 2.19 bits per heavy atom. The number of carbonyl (C=O) groups excluding carboxylic acids is 1. The van der Waals surface area contributed by atoms with Crippen LogP contribution in [0, 0.1) is 23.5 Å². The van der Waals surface area contributed by atoms with Gasteiger partial charge in [0.05, 0.1) is 19.0 Å². The number of nitrogens with zero attached hydrogens (tertiary/aromatic N) is 1. The number of rotatable bonds is 6. The van der Waals surface area contributed by atoms with Crippen molar-refractivity contribution in [2.75, 3.05) is 39.1 Å². The second-order valence-corrected chi connectivity index (χ2v) is 8.74. The molecule has 7 nitrogen and oxygen atoms in total. The lowest BCUT2D eigenvalue weighted by Crippen LogP contribution is -2.48. The Morgan fingerprint density at radius 3 is 2.93 bits per heavy atom. The number of likely N-dealkylation sites (tertiary alicyclic amines) is 1. The summed E-state index contributed by atoms with van der Waals surface area (Å²) in [5.74, 6) is -1.75. The summed E-state index contributed by atoms with van der Waals surface area (Å²) in [6.07, 6.45) is 1.51. The third-order valence-corrected chi connectivity index (χ3v) is 5.64. The molecular formula is C17H22F2N2O5S. The molecule has 0 bridgehead atoms. The Morgan fingerprint density at radius 1 is 1.41 bits per heavy atom. The van der Waals surface area contributed by atoms with Crippen molar-refractivity contribution in [2.24, 2.45) is 11.8 Å². The average molecular weight is 404 g/mol. The standard InChI is InChI=1S/C17H22F2N2O5S/c1-27(23,24)20-7-16-13-8-21(5-4-11(13)9-25-16)17(22)10-26-15-6-12(18)2-3-14(15)19/h2-3,6,11,13,16,20H,4-5,7-10H2,1H3/t11-,13-,16+/m0/s1. The molecule has 0 saturated carbocycles. The van der Waals surface area contributed by atoms with Crippen LogP contribution in [0.3, 0.4) is 0 Å². The van der Waals surface area contributed by atoms with Crippen LogP contribution in [-0.2, 0) is 19.6 Å². The Bertz CT molecular complexity index is 805. The number of nitrogens with one attached hydrogen (secondary N) is 1. The van der Waals surface area contributed by atoms with Gasteiger partial charge in [-0.1, -0.05) is 0 Å². The zero-order valence-corrected chi connectivity index (χ0v) is 15.7. The average Bonchev–Trinajstić information content (AvgIpc) is 3.02. The van der Waals surface area contributed by atoms with Crippen molar-refractivity contribution in [1.29, 1.82) is 0 Å². The Kier molecular flexibility index (Phi) is 5.97. The molecule has 1 N–H and O–H groups in total. The summed E-state index contributed by atoms with van der Waals surface area (Å²) in [5.41, 5.74) is 0. The van der Waals surface area contributed by atoms with E-state index in [0.29, 0.717) is 19.7 Å². The van der Waals surface area contributed by atoms with Gasteiger partial charge in [0.2, 0.25) is 10.0 Å². The van der Waals surface area contributed by atoms with Crippen molar-refractivity contribution in [1.82, 2.24) is 9.62 Å². The number of fused-ring (bicyclic) bond motifs is 1. The van der Waals surface area contributed by atoms with E-state index < -0.39 is 28.3 Å². The molecule has 0 aliphatic carbocycles. The van der Waals surface area contributed by atoms with E-state index in [0.717, 1.165) is 30.9 Å². The van der Waals surface area contributed by atoms with Crippen molar-refractivity contribution in [3.8, 4) is 5.75 Å². The van der Waals surface area contributed by atoms with E-state index in [4.69, 9.17) is 9.47 Å². The second kappa shape index (κ2) is 8.07. The molecule has 0 aromatic heterocycles. The molecule has 0 radical (unpaired) electrons. The molecule has 1 amide bonds. The molecule has 3 rings (SSSR count). The predicted molar refractivity (Wildman–Crippen MR) is 92.6 cm³/mol. The van der Waals surface area contributed by atoms with Crippen LogP contribution in [0.15, 0.2) is 18.2 Å². The fourth-order valence-corrected chi connectivity index (χ4v) is 3.99. The fraction of sp³-hybridized carbons (Fsp3) is 0.588. The highest BCUT2D eigenvalue weighted by Gasteiger charge is 2.42. The van der Waals surface area contributed by atoms with Crippen LogP contribution in [0.25, 0.3) is 0 Å². The molecule has 10 heteroatoms. The molecule has 0 spiro atoms. The summed E-state index contributed by atoms with van der Waals surface area (Å²) in [4.78, 5) is 14.0. The molecule has 0 unspecified atom stereocenters. The summed E-state index contributed by atoms with van der Waals surface area (Å²) in [6.45, 7) is 1.23. The molecule has 2 aliphatic heterocycles. The van der Waals surface area contributed by atoms with Crippen molar-refractivity contribution in [3.05, 3.63) is 29.8 Å². The lowest BCUT2D eigenvalue weighted by atomic mass is 9.84. The zero-order chi connectivity index (χ0) is 19.6. The van der Waals surface area contributed by atoms with Gasteiger partial charge in [0.15, 0.2) is 18.2 Å². The maximum absolute atomic E-state index is 13.6. The molecule has 2 fully saturated rings. The van der Waals surface area contributed by atoms with Crippen molar-refractivity contribution < 1.29 is 31.5 Å². The highest BCUT2D eigenvalue weighted by molar-refractivity contribution is 7.88. The molecule has 150 valence electrons. The third-order valence-electron chi connectivity index (χ3n) is 4.95. The first-order valence-electron chi connectivity index (χ1n) is 8.65. The predicted octanol–water partition coefficient (Wildman–Crippen LogP) is 0.756. The van der Waals surface area contributed by atoms with Gasteiger partial charge < -0.3 is 14.4 Å². The minimum Gasteiger partial charge on any atom is -0.481 e. The summed E-state index contributed by atoms with van der Waals surface area (Å²) < 4.78 is 62.6. The number of hydrogen-bond acceptors (Lipinski definition) is 5. The van der Waals surface area contributed by atoms with Crippen LogP contribution in [0.4, 0.5) is 8.78 Å². The van der Waals surface area contributed by atoms with Gasteiger partial charge in [-0.3, -0.25) is 4.79 Å². The van der Waals surface area contributed by atoms with Gasteiger partial charge in [0.1, 0.15) is 5.82 Å². The number of piperidine rings is 1. The lowest BCUT2D eigenvalue weighted by Gasteiger charge is -2.36. The maximum Gasteiger partial charge on any atom is 0.260 e. The first kappa shape index (κ1) is 20.0. The number of halogens is 2. The van der Waals surface area contributed by atoms with Crippen molar-refractivity contribution in [3.63, 3.8) is 0 Å². The minimum absolute atomic E-state index is 0.0165. The number of hydrogen-bond donors (Lipinski definition) is 1. The highest BCUT2D eigenvalue weighted by atomic mass is 32.2. The van der Waals surface area contributed by atoms with E-state index in [1.54, 1.807) is 4.90 Å². The Labute approximate surface area is 156 Å². The summed E-state index contributed by atoms with van der Waals surface area (Å²) in [6, 6.07) is 2.81. The van der Waals surface area contributed by atoms with Gasteiger partial charge in [0.25, 0.3) is 5.91 Å². The SMILES string of the molecule is CS(=O)(=O)NC[C@H]1OC[C@@H]2CCN(C(=O)COc3cc(F)ccc3F)C[C@@H]21. The summed E-state index contributed by atoms with van der Waals surface area (Å²) in [7, 11) is -3.32. The normalized spacial score (nSPS) is 25.3. The molecule has 2 heterocycles. The number of benzene rings is 1. The van der Waals surface area contributed by atoms with Crippen LogP contribution in [0.1, 0.15) is 6.42 Å². The Balaban J connectivity index is 1.56. The minimum atomic E-state index is -3.32. The lowest BCUT2D eigenvalue weighted by molar-refractivity contribution is -0.135. The van der Waals surface area contributed by atoms with Gasteiger partial charge in [-0.15, -0.1) is 0 Å². The van der Waals surface area contributed by atoms with Crippen LogP contribution < -0.4 is 9.46 Å². The van der Waals surface area contributed by atoms with Crippen molar-refractivity contribution >= 4 is 15.9 Å². The third kappa shape index (κ3) is 5.14. The van der Waals surface area contributed by atoms with Crippen LogP contribution >= 0.6 is 0 Å². The topological polar surface area (TPSA) is 84.9 Å². The molecule has 3 atom stereocenters. The smallest absolute Gasteiger partial charge is 0.260 e. The van der Waals surface area contributed by atoms with E-state index in [2.05, 4.69) is 4.72 Å². The number of carbonyl (C=O) groups is 1. The van der Waals surface area contributed by atoms with Crippen LogP contribution in [0.5, 0.6) is 5.75 Å². The maximum atomic E-state index is 13.6. The fourth-order valence-electron chi connectivity index (χ4n) is 3.52. The molecular weight excluding hydrogens is 382 g/mol. The second-order valence-electron chi connectivity index (χ2n) is 6.91. The van der Waals surface area contributed by atoms with Crippen molar-refractivity contribution in [2.45, 2.75) is 12.5 Å². The first-order chi connectivity index (χ1) is 12.7. The molecule has 1 aromatic rings. The largest absolute Gasteiger partial charge is 0.481 e. The number of amides is 1. The van der Waals surface area contributed by atoms with Gasteiger partial charge in [-0.25, -0.2) is 21.9 Å². The monoisotopic (exact) mass is 404 g/mol. The number of sulfonamides is 1. The van der Waals surface area contributed by atoms with Gasteiger partial charge in [0, 0.05) is 31.6 Å². The van der Waals surface area contributed by atoms with Crippen LogP contribution in [0.2, 0.25) is 0 Å². The van der Waals surface area contributed by atoms with E-state index in [-0.39, 0.29) is 36.1 Å². The van der Waals surface area contributed by atoms with Gasteiger partial charge in [-0.05, 0) is 24.5 Å². The van der Waals surface area contributed by atoms with Gasteiger partial charge in [-0.2, -0.15) is 0 Å². The van der Waals surface area contributed by atoms with Crippen LogP contribution in [-0.4, -0.2) is 64.4 Å². The zero-order valence-electron chi connectivity index (χ0n) is 14.9. The Hall–Kier alpha value is -1.78. The molecule has 1 aromatic carbocycles. The number of ether oxygens (including phenoxy) is 2. The van der Waals surface area contributed by atoms with E-state index in [1.165, 1.54) is 0 Å². The van der Waals surface area contributed by atoms with Gasteiger partial charge >= 0.3 is 0 Å². The van der Waals surface area contributed by atoms with E-state index in [1.807, 2.05) is 0 Å². The highest BCUT2D eigenvalue weighted by Crippen LogP contribution is 2.34. The quantitative estimate of drug-likeness (QED) is 0.757. The van der Waals surface area contributed by atoms with E-state index in [9.17, 15) is 22.0 Å². The summed E-state index contributed by atoms with van der Waals surface area (Å²) in [5, 5.41) is 0. The molecule has 2 aliphatic rings. The first-order valence-corrected chi connectivity index (χ1v) is 10.5. The van der Waals surface area contributed by atoms with E-state index >= 15 is 0 Å². The molecule has 2 saturated heterocycles. The molecule has 27 heavy (non-hydrogen) atoms. The summed E-state index contributed by atoms with van der Waals surface area (Å²) >= 11 is 0.